The summed E-state index contributed by atoms with van der Waals surface area (Å²) in [6, 6.07) is 13.9. The molecule has 4 heteroatoms. The molecule has 1 heterocycles. The van der Waals surface area contributed by atoms with Crippen molar-refractivity contribution in [3.8, 4) is 11.1 Å². The van der Waals surface area contributed by atoms with E-state index in [4.69, 9.17) is 4.74 Å². The summed E-state index contributed by atoms with van der Waals surface area (Å²) in [6.45, 7) is 10.2. The first-order chi connectivity index (χ1) is 14.1. The zero-order valence-electron chi connectivity index (χ0n) is 19.0. The molecule has 0 N–H and O–H groups in total. The molecule has 0 saturated heterocycles. The zero-order valence-corrected chi connectivity index (χ0v) is 19.0. The maximum atomic E-state index is 13.3. The highest BCUT2D eigenvalue weighted by Gasteiger charge is 2.42. The summed E-state index contributed by atoms with van der Waals surface area (Å²) in [4.78, 5) is 26.5. The van der Waals surface area contributed by atoms with Gasteiger partial charge in [-0.15, -0.1) is 0 Å². The third-order valence-electron chi connectivity index (χ3n) is 5.93. The Labute approximate surface area is 178 Å². The SMILES string of the molecule is COC(=O)C(C)(CC(C)C)c1c(-c2ccc(C)cc2C)c2ccccc2c(=O)n1C. The molecule has 158 valence electrons. The topological polar surface area (TPSA) is 48.3 Å². The van der Waals surface area contributed by atoms with Gasteiger partial charge in [-0.3, -0.25) is 9.59 Å². The minimum atomic E-state index is -0.965. The minimum Gasteiger partial charge on any atom is -0.468 e. The molecule has 3 rings (SSSR count). The second-order valence-electron chi connectivity index (χ2n) is 8.87. The Morgan fingerprint density at radius 1 is 1.10 bits per heavy atom. The monoisotopic (exact) mass is 405 g/mol. The Bertz CT molecular complexity index is 1170. The molecule has 2 aromatic carbocycles. The predicted molar refractivity (Wildman–Crippen MR) is 123 cm³/mol. The molecule has 0 aliphatic carbocycles. The Morgan fingerprint density at radius 2 is 1.73 bits per heavy atom. The van der Waals surface area contributed by atoms with Gasteiger partial charge in [-0.25, -0.2) is 0 Å². The number of carbonyl (C=O) groups is 1. The van der Waals surface area contributed by atoms with Crippen molar-refractivity contribution in [1.29, 1.82) is 0 Å². The molecule has 0 saturated carbocycles. The van der Waals surface area contributed by atoms with Gasteiger partial charge in [0.05, 0.1) is 7.11 Å². The quantitative estimate of drug-likeness (QED) is 0.541. The maximum absolute atomic E-state index is 13.3. The number of aromatic nitrogens is 1. The molecule has 0 amide bonds. The van der Waals surface area contributed by atoms with Gasteiger partial charge >= 0.3 is 5.97 Å². The minimum absolute atomic E-state index is 0.104. The first-order valence-electron chi connectivity index (χ1n) is 10.4. The van der Waals surface area contributed by atoms with Crippen molar-refractivity contribution < 1.29 is 9.53 Å². The van der Waals surface area contributed by atoms with Crippen LogP contribution >= 0.6 is 0 Å². The van der Waals surface area contributed by atoms with Crippen LogP contribution in [-0.2, 0) is 22.0 Å². The van der Waals surface area contributed by atoms with Crippen LogP contribution in [0.15, 0.2) is 47.3 Å². The van der Waals surface area contributed by atoms with Gasteiger partial charge in [0, 0.05) is 23.7 Å². The van der Waals surface area contributed by atoms with Gasteiger partial charge in [0.1, 0.15) is 5.41 Å². The van der Waals surface area contributed by atoms with Gasteiger partial charge in [0.15, 0.2) is 0 Å². The maximum Gasteiger partial charge on any atom is 0.317 e. The van der Waals surface area contributed by atoms with Crippen molar-refractivity contribution >= 4 is 16.7 Å². The summed E-state index contributed by atoms with van der Waals surface area (Å²) in [5.74, 6) is -0.0878. The Balaban J connectivity index is 2.57. The summed E-state index contributed by atoms with van der Waals surface area (Å²) in [5.41, 5.74) is 3.88. The number of benzene rings is 2. The molecule has 3 aromatic rings. The van der Waals surface area contributed by atoms with Crippen molar-refractivity contribution in [2.45, 2.75) is 46.5 Å². The van der Waals surface area contributed by atoms with Gasteiger partial charge in [0.25, 0.3) is 5.56 Å². The van der Waals surface area contributed by atoms with E-state index in [-0.39, 0.29) is 17.4 Å². The summed E-state index contributed by atoms with van der Waals surface area (Å²) in [5, 5.41) is 1.51. The summed E-state index contributed by atoms with van der Waals surface area (Å²) in [6.07, 6.45) is 0.573. The lowest BCUT2D eigenvalue weighted by molar-refractivity contribution is -0.147. The van der Waals surface area contributed by atoms with E-state index in [1.165, 1.54) is 12.7 Å². The van der Waals surface area contributed by atoms with Gasteiger partial charge in [-0.1, -0.05) is 55.8 Å². The highest BCUT2D eigenvalue weighted by atomic mass is 16.5. The lowest BCUT2D eigenvalue weighted by atomic mass is 9.74. The van der Waals surface area contributed by atoms with E-state index in [0.717, 1.165) is 22.1 Å². The average Bonchev–Trinajstić information content (AvgIpc) is 2.69. The predicted octanol–water partition coefficient (Wildman–Crippen LogP) is 5.30. The molecule has 1 aromatic heterocycles. The van der Waals surface area contributed by atoms with Crippen molar-refractivity contribution in [3.05, 3.63) is 69.6 Å². The van der Waals surface area contributed by atoms with Crippen LogP contribution in [0, 0.1) is 19.8 Å². The van der Waals surface area contributed by atoms with E-state index in [1.54, 1.807) is 11.6 Å². The number of nitrogens with zero attached hydrogens (tertiary/aromatic N) is 1. The van der Waals surface area contributed by atoms with Gasteiger partial charge < -0.3 is 9.30 Å². The second kappa shape index (κ2) is 8.10. The Kier molecular flexibility index (Phi) is 5.89. The third kappa shape index (κ3) is 3.55. The van der Waals surface area contributed by atoms with Crippen LogP contribution in [0.5, 0.6) is 0 Å². The third-order valence-corrected chi connectivity index (χ3v) is 5.93. The van der Waals surface area contributed by atoms with Crippen LogP contribution in [0.4, 0.5) is 0 Å². The molecule has 0 bridgehead atoms. The first-order valence-corrected chi connectivity index (χ1v) is 10.4. The van der Waals surface area contributed by atoms with Crippen LogP contribution in [-0.4, -0.2) is 17.6 Å². The summed E-state index contributed by atoms with van der Waals surface area (Å²) in [7, 11) is 3.18. The molecule has 0 aliphatic heterocycles. The Morgan fingerprint density at radius 3 is 2.30 bits per heavy atom. The summed E-state index contributed by atoms with van der Waals surface area (Å²) < 4.78 is 6.91. The number of pyridine rings is 1. The second-order valence-corrected chi connectivity index (χ2v) is 8.87. The Hall–Kier alpha value is -2.88. The normalized spacial score (nSPS) is 13.5. The number of hydrogen-bond donors (Lipinski definition) is 0. The first kappa shape index (κ1) is 21.8. The van der Waals surface area contributed by atoms with Crippen LogP contribution in [0.1, 0.15) is 44.0 Å². The molecule has 1 unspecified atom stereocenters. The molecule has 0 fully saturated rings. The number of rotatable bonds is 5. The summed E-state index contributed by atoms with van der Waals surface area (Å²) >= 11 is 0. The molecular formula is C26H31NO3. The largest absolute Gasteiger partial charge is 0.468 e. The molecule has 4 nitrogen and oxygen atoms in total. The zero-order chi connectivity index (χ0) is 22.2. The smallest absolute Gasteiger partial charge is 0.317 e. The standard InChI is InChI=1S/C26H31NO3/c1-16(2)15-26(5,25(29)30-7)23-22(19-13-12-17(3)14-18(19)4)20-10-8-9-11-21(20)24(28)27(23)6/h8-14,16H,15H2,1-7H3. The van der Waals surface area contributed by atoms with Crippen LogP contribution in [0.25, 0.3) is 21.9 Å². The van der Waals surface area contributed by atoms with Crippen molar-refractivity contribution in [2.24, 2.45) is 13.0 Å². The van der Waals surface area contributed by atoms with Crippen molar-refractivity contribution in [1.82, 2.24) is 4.57 Å². The van der Waals surface area contributed by atoms with E-state index in [9.17, 15) is 9.59 Å². The van der Waals surface area contributed by atoms with E-state index in [1.807, 2.05) is 31.2 Å². The van der Waals surface area contributed by atoms with Gasteiger partial charge in [-0.05, 0) is 55.7 Å². The molecule has 30 heavy (non-hydrogen) atoms. The molecule has 0 radical (unpaired) electrons. The number of aryl methyl sites for hydroxylation is 2. The number of fused-ring (bicyclic) bond motifs is 1. The number of methoxy groups -OCH3 is 1. The van der Waals surface area contributed by atoms with Crippen LogP contribution in [0.3, 0.4) is 0 Å². The average molecular weight is 406 g/mol. The number of esters is 1. The van der Waals surface area contributed by atoms with Gasteiger partial charge in [0.2, 0.25) is 0 Å². The molecule has 0 spiro atoms. The fourth-order valence-corrected chi connectivity index (χ4v) is 4.80. The molecular weight excluding hydrogens is 374 g/mol. The molecule has 0 aliphatic rings. The van der Waals surface area contributed by atoms with Gasteiger partial charge in [-0.2, -0.15) is 0 Å². The van der Waals surface area contributed by atoms with Crippen LogP contribution in [0.2, 0.25) is 0 Å². The lowest BCUT2D eigenvalue weighted by Crippen LogP contribution is -2.41. The van der Waals surface area contributed by atoms with Crippen molar-refractivity contribution in [2.75, 3.05) is 7.11 Å². The van der Waals surface area contributed by atoms with E-state index < -0.39 is 5.41 Å². The lowest BCUT2D eigenvalue weighted by Gasteiger charge is -2.33. The highest BCUT2D eigenvalue weighted by Crippen LogP contribution is 2.42. The van der Waals surface area contributed by atoms with Crippen LogP contribution < -0.4 is 5.56 Å². The van der Waals surface area contributed by atoms with E-state index in [0.29, 0.717) is 17.5 Å². The number of carbonyl (C=O) groups excluding carboxylic acids is 1. The molecule has 1 atom stereocenters. The number of hydrogen-bond acceptors (Lipinski definition) is 3. The number of ether oxygens (including phenoxy) is 1. The van der Waals surface area contributed by atoms with E-state index >= 15 is 0 Å². The van der Waals surface area contributed by atoms with E-state index in [2.05, 4.69) is 45.9 Å². The fourth-order valence-electron chi connectivity index (χ4n) is 4.80. The fraction of sp³-hybridized carbons (Fsp3) is 0.385. The highest BCUT2D eigenvalue weighted by molar-refractivity contribution is 6.00. The van der Waals surface area contributed by atoms with Crippen molar-refractivity contribution in [3.63, 3.8) is 0 Å².